The first-order valence-electron chi connectivity index (χ1n) is 15.7. The first-order valence-corrected chi connectivity index (χ1v) is 15.7. The smallest absolute Gasteiger partial charge is 0.189 e. The summed E-state index contributed by atoms with van der Waals surface area (Å²) in [4.78, 5) is 28.1. The molecule has 9 nitrogen and oxygen atoms in total. The lowest BCUT2D eigenvalue weighted by molar-refractivity contribution is 0.0876. The van der Waals surface area contributed by atoms with Crippen LogP contribution in [0.3, 0.4) is 0 Å². The largest absolute Gasteiger partial charge is 0.508 e. The van der Waals surface area contributed by atoms with Crippen LogP contribution in [0, 0.1) is 5.92 Å². The maximum Gasteiger partial charge on any atom is 0.189 e. The van der Waals surface area contributed by atoms with Crippen molar-refractivity contribution in [2.24, 2.45) is 5.92 Å². The summed E-state index contributed by atoms with van der Waals surface area (Å²) in [7, 11) is 0. The van der Waals surface area contributed by atoms with Gasteiger partial charge in [-0.3, -0.25) is 9.59 Å². The predicted molar refractivity (Wildman–Crippen MR) is 186 cm³/mol. The van der Waals surface area contributed by atoms with Crippen LogP contribution in [0.1, 0.15) is 82.0 Å². The highest BCUT2D eigenvalue weighted by Gasteiger charge is 2.43. The highest BCUT2D eigenvalue weighted by atomic mass is 16.3. The summed E-state index contributed by atoms with van der Waals surface area (Å²) in [6.45, 7) is 5.53. The quantitative estimate of drug-likeness (QED) is 0.0537. The number of benzene rings is 4. The first kappa shape index (κ1) is 34.4. The van der Waals surface area contributed by atoms with Crippen molar-refractivity contribution in [2.75, 3.05) is 0 Å². The van der Waals surface area contributed by atoms with E-state index in [4.69, 9.17) is 0 Å². The Hall–Kier alpha value is -5.96. The zero-order valence-corrected chi connectivity index (χ0v) is 27.3. The molecular weight excluding hydrogens is 624 g/mol. The van der Waals surface area contributed by atoms with E-state index in [2.05, 4.69) is 0 Å². The number of rotatable bonds is 9. The Morgan fingerprint density at radius 3 is 2.08 bits per heavy atom. The van der Waals surface area contributed by atoms with Gasteiger partial charge in [-0.15, -0.1) is 0 Å². The fourth-order valence-electron chi connectivity index (χ4n) is 6.44. The number of allylic oxidation sites excluding steroid dienone is 5. The van der Waals surface area contributed by atoms with Gasteiger partial charge < -0.3 is 35.7 Å². The molecule has 5 rings (SSSR count). The number of carbonyl (C=O) groups excluding carboxylic acids is 2. The highest BCUT2D eigenvalue weighted by molar-refractivity contribution is 6.09. The van der Waals surface area contributed by atoms with Gasteiger partial charge in [-0.05, 0) is 93.3 Å². The van der Waals surface area contributed by atoms with Crippen molar-refractivity contribution in [2.45, 2.75) is 45.4 Å². The van der Waals surface area contributed by atoms with Crippen LogP contribution in [-0.4, -0.2) is 47.3 Å². The molecule has 0 bridgehead atoms. The molecule has 0 heterocycles. The Kier molecular flexibility index (Phi) is 9.84. The van der Waals surface area contributed by atoms with Crippen molar-refractivity contribution in [3.8, 4) is 40.2 Å². The number of aromatic hydroxyl groups is 7. The molecule has 1 aliphatic carbocycles. The topological polar surface area (TPSA) is 176 Å². The molecule has 3 atom stereocenters. The van der Waals surface area contributed by atoms with Crippen LogP contribution in [0.4, 0.5) is 0 Å². The molecule has 252 valence electrons. The van der Waals surface area contributed by atoms with Gasteiger partial charge in [-0.2, -0.15) is 0 Å². The van der Waals surface area contributed by atoms with Gasteiger partial charge >= 0.3 is 0 Å². The lowest BCUT2D eigenvalue weighted by Crippen LogP contribution is -2.32. The van der Waals surface area contributed by atoms with E-state index in [0.717, 1.165) is 17.2 Å². The molecule has 0 unspecified atom stereocenters. The number of phenols is 7. The van der Waals surface area contributed by atoms with Crippen molar-refractivity contribution in [1.82, 2.24) is 0 Å². The Labute approximate surface area is 283 Å². The maximum absolute atomic E-state index is 14.7. The van der Waals surface area contributed by atoms with E-state index in [1.807, 2.05) is 13.8 Å². The molecule has 9 heteroatoms. The zero-order valence-electron chi connectivity index (χ0n) is 27.3. The van der Waals surface area contributed by atoms with Gasteiger partial charge in [0.1, 0.15) is 40.2 Å². The van der Waals surface area contributed by atoms with E-state index in [1.165, 1.54) is 60.7 Å². The van der Waals surface area contributed by atoms with Crippen molar-refractivity contribution < 1.29 is 45.3 Å². The molecular formula is C40H38O9. The summed E-state index contributed by atoms with van der Waals surface area (Å²) in [5.74, 6) is -6.08. The molecule has 0 aromatic heterocycles. The average molecular weight is 663 g/mol. The van der Waals surface area contributed by atoms with Crippen molar-refractivity contribution >= 4 is 17.6 Å². The molecule has 0 amide bonds. The first-order chi connectivity index (χ1) is 23.3. The third kappa shape index (κ3) is 7.16. The summed E-state index contributed by atoms with van der Waals surface area (Å²) in [6, 6.07) is 15.3. The third-order valence-corrected chi connectivity index (χ3v) is 8.89. The monoisotopic (exact) mass is 662 g/mol. The van der Waals surface area contributed by atoms with Gasteiger partial charge in [-0.1, -0.05) is 47.6 Å². The minimum Gasteiger partial charge on any atom is -0.508 e. The Bertz CT molecular complexity index is 2010. The van der Waals surface area contributed by atoms with Crippen molar-refractivity contribution in [3.05, 3.63) is 129 Å². The van der Waals surface area contributed by atoms with Crippen LogP contribution in [0.2, 0.25) is 0 Å². The third-order valence-electron chi connectivity index (χ3n) is 8.89. The van der Waals surface area contributed by atoms with Crippen LogP contribution in [-0.2, 0) is 6.42 Å². The van der Waals surface area contributed by atoms with Gasteiger partial charge in [0, 0.05) is 34.9 Å². The van der Waals surface area contributed by atoms with Gasteiger partial charge in [0.2, 0.25) is 0 Å². The summed E-state index contributed by atoms with van der Waals surface area (Å²) >= 11 is 0. The maximum atomic E-state index is 14.7. The fourth-order valence-corrected chi connectivity index (χ4v) is 6.44. The normalized spacial score (nSPS) is 17.4. The van der Waals surface area contributed by atoms with E-state index in [-0.39, 0.29) is 63.8 Å². The molecule has 49 heavy (non-hydrogen) atoms. The summed E-state index contributed by atoms with van der Waals surface area (Å²) < 4.78 is 0. The number of carbonyl (C=O) groups is 2. The minimum atomic E-state index is -1.15. The average Bonchev–Trinajstić information content (AvgIpc) is 3.04. The molecule has 0 spiro atoms. The highest BCUT2D eigenvalue weighted by Crippen LogP contribution is 2.53. The van der Waals surface area contributed by atoms with Gasteiger partial charge in [0.05, 0.1) is 11.1 Å². The SMILES string of the molecule is CC(C)=CCc1c(O)ccc(C(=O)[C@H]2[C@@H](c3c(O)ccc(C(=O)/C=C/c4ccc(O)cc4)c3O)C=C(C)C[C@@H]2c2ccc(O)cc2O)c1O. The fraction of sp³-hybridized carbons (Fsp3) is 0.200. The van der Waals surface area contributed by atoms with E-state index in [0.29, 0.717) is 11.1 Å². The molecule has 0 radical (unpaired) electrons. The molecule has 4 aromatic rings. The summed E-state index contributed by atoms with van der Waals surface area (Å²) in [5.41, 5.74) is 2.45. The number of Topliss-reactive ketones (excluding diaryl/α,β-unsaturated/α-hetero) is 1. The molecule has 0 fully saturated rings. The summed E-state index contributed by atoms with van der Waals surface area (Å²) in [6.07, 6.45) is 6.68. The van der Waals surface area contributed by atoms with Gasteiger partial charge in [-0.25, -0.2) is 0 Å². The molecule has 4 aromatic carbocycles. The lowest BCUT2D eigenvalue weighted by atomic mass is 9.65. The second-order valence-corrected chi connectivity index (χ2v) is 12.6. The lowest BCUT2D eigenvalue weighted by Gasteiger charge is -2.37. The standard InChI is InChI=1S/C40H38O9/c1-21(2)4-11-27-33(44)16-14-29(38(27)47)40(49)36-30(26-12-10-25(42)20-35(26)46)18-22(3)19-31(36)37-34(45)17-13-28(39(37)48)32(43)15-7-23-5-8-24(41)9-6-23/h4-10,12-17,19-20,30-31,36,41-42,44-48H,11,18H2,1-3H3/b15-7+/t30-,31+,36-/m1/s1. The predicted octanol–water partition coefficient (Wildman–Crippen LogP) is 7.75. The van der Waals surface area contributed by atoms with Crippen molar-refractivity contribution in [3.63, 3.8) is 0 Å². The van der Waals surface area contributed by atoms with E-state index in [9.17, 15) is 45.3 Å². The minimum absolute atomic E-state index is 0.0629. The number of hydrogen-bond donors (Lipinski definition) is 7. The van der Waals surface area contributed by atoms with Gasteiger partial charge in [0.25, 0.3) is 0 Å². The number of hydrogen-bond acceptors (Lipinski definition) is 9. The molecule has 0 saturated carbocycles. The zero-order chi connectivity index (χ0) is 35.6. The number of ketones is 2. The molecule has 0 aliphatic heterocycles. The molecule has 7 N–H and O–H groups in total. The summed E-state index contributed by atoms with van der Waals surface area (Å²) in [5, 5.41) is 75.3. The molecule has 0 saturated heterocycles. The van der Waals surface area contributed by atoms with Gasteiger partial charge in [0.15, 0.2) is 11.6 Å². The van der Waals surface area contributed by atoms with Crippen LogP contribution in [0.25, 0.3) is 6.08 Å². The van der Waals surface area contributed by atoms with E-state index >= 15 is 0 Å². The van der Waals surface area contributed by atoms with Crippen LogP contribution in [0.5, 0.6) is 40.2 Å². The Morgan fingerprint density at radius 2 is 1.41 bits per heavy atom. The second kappa shape index (κ2) is 14.0. The van der Waals surface area contributed by atoms with Crippen LogP contribution in [0.15, 0.2) is 96.1 Å². The second-order valence-electron chi connectivity index (χ2n) is 12.6. The van der Waals surface area contributed by atoms with Crippen LogP contribution < -0.4 is 0 Å². The van der Waals surface area contributed by atoms with E-state index in [1.54, 1.807) is 31.2 Å². The van der Waals surface area contributed by atoms with Crippen molar-refractivity contribution in [1.29, 1.82) is 0 Å². The Balaban J connectivity index is 1.67. The molecule has 1 aliphatic rings. The van der Waals surface area contributed by atoms with Crippen LogP contribution >= 0.6 is 0 Å². The Morgan fingerprint density at radius 1 is 0.755 bits per heavy atom. The van der Waals surface area contributed by atoms with E-state index < -0.39 is 40.8 Å². The number of phenolic OH excluding ortho intramolecular Hbond substituents is 7.